The van der Waals surface area contributed by atoms with E-state index >= 15 is 0 Å². The summed E-state index contributed by atoms with van der Waals surface area (Å²) in [6.07, 6.45) is 0.840. The Labute approximate surface area is 138 Å². The van der Waals surface area contributed by atoms with Crippen LogP contribution in [0.3, 0.4) is 0 Å². The molecular weight excluding hydrogens is 350 g/mol. The number of fused-ring (bicyclic) bond motifs is 1. The normalized spacial score (nSPS) is 20.8. The highest BCUT2D eigenvalue weighted by Gasteiger charge is 2.29. The molecule has 21 heavy (non-hydrogen) atoms. The average molecular weight is 367 g/mol. The van der Waals surface area contributed by atoms with Gasteiger partial charge in [0.25, 0.3) is 0 Å². The second kappa shape index (κ2) is 5.99. The second-order valence-electron chi connectivity index (χ2n) is 5.39. The minimum Gasteiger partial charge on any atom is -0.485 e. The summed E-state index contributed by atoms with van der Waals surface area (Å²) in [4.78, 5) is 0. The zero-order chi connectivity index (χ0) is 15.0. The average Bonchev–Trinajstić information content (AvgIpc) is 2.46. The Morgan fingerprint density at radius 1 is 1.19 bits per heavy atom. The monoisotopic (exact) mass is 365 g/mol. The molecule has 0 saturated carbocycles. The van der Waals surface area contributed by atoms with Crippen LogP contribution in [0.5, 0.6) is 5.75 Å². The van der Waals surface area contributed by atoms with Gasteiger partial charge in [-0.3, -0.25) is 0 Å². The Bertz CT molecular complexity index is 674. The van der Waals surface area contributed by atoms with Gasteiger partial charge in [0, 0.05) is 33.1 Å². The van der Waals surface area contributed by atoms with E-state index in [9.17, 15) is 0 Å². The molecule has 2 atom stereocenters. The van der Waals surface area contributed by atoms with Crippen molar-refractivity contribution in [1.82, 2.24) is 5.32 Å². The van der Waals surface area contributed by atoms with Crippen LogP contribution in [-0.2, 0) is 0 Å². The lowest BCUT2D eigenvalue weighted by Gasteiger charge is -2.33. The Morgan fingerprint density at radius 2 is 2.00 bits per heavy atom. The van der Waals surface area contributed by atoms with Crippen molar-refractivity contribution in [2.24, 2.45) is 0 Å². The molecule has 2 nitrogen and oxygen atoms in total. The molecule has 2 aromatic rings. The van der Waals surface area contributed by atoms with Crippen molar-refractivity contribution in [3.63, 3.8) is 0 Å². The van der Waals surface area contributed by atoms with Crippen LogP contribution in [0, 0.1) is 6.92 Å². The Hall–Kier alpha value is -1.03. The quantitative estimate of drug-likeness (QED) is 0.789. The van der Waals surface area contributed by atoms with Gasteiger partial charge in [0.1, 0.15) is 11.9 Å². The summed E-state index contributed by atoms with van der Waals surface area (Å²) < 4.78 is 7.17. The first-order chi connectivity index (χ1) is 10.1. The van der Waals surface area contributed by atoms with E-state index in [0.29, 0.717) is 0 Å². The number of ether oxygens (including phenoxy) is 1. The molecule has 3 rings (SSSR count). The highest BCUT2D eigenvalue weighted by molar-refractivity contribution is 9.10. The third kappa shape index (κ3) is 2.96. The SMILES string of the molecule is CNC1CC(c2ccc(Br)cc2Cl)Oc2ccc(C)cc21. The fourth-order valence-electron chi connectivity index (χ4n) is 2.82. The number of hydrogen-bond acceptors (Lipinski definition) is 2. The van der Waals surface area contributed by atoms with Crippen molar-refractivity contribution in [3.05, 3.63) is 62.6 Å². The number of aryl methyl sites for hydroxylation is 1. The zero-order valence-electron chi connectivity index (χ0n) is 12.0. The maximum atomic E-state index is 6.38. The number of nitrogens with one attached hydrogen (secondary N) is 1. The molecule has 0 saturated heterocycles. The van der Waals surface area contributed by atoms with Crippen LogP contribution in [-0.4, -0.2) is 7.05 Å². The predicted molar refractivity (Wildman–Crippen MR) is 90.1 cm³/mol. The van der Waals surface area contributed by atoms with E-state index in [1.807, 2.05) is 31.3 Å². The molecule has 2 unspecified atom stereocenters. The largest absolute Gasteiger partial charge is 0.485 e. The van der Waals surface area contributed by atoms with E-state index in [1.54, 1.807) is 0 Å². The topological polar surface area (TPSA) is 21.3 Å². The standard InChI is InChI=1S/C17H17BrClNO/c1-10-3-6-16-13(7-10)15(20-2)9-17(21-16)12-5-4-11(18)8-14(12)19/h3-8,15,17,20H,9H2,1-2H3. The van der Waals surface area contributed by atoms with Gasteiger partial charge in [-0.2, -0.15) is 0 Å². The van der Waals surface area contributed by atoms with Gasteiger partial charge >= 0.3 is 0 Å². The Kier molecular flexibility index (Phi) is 4.25. The molecule has 0 fully saturated rings. The van der Waals surface area contributed by atoms with Gasteiger partial charge in [-0.25, -0.2) is 0 Å². The molecule has 0 aromatic heterocycles. The molecule has 1 aliphatic rings. The third-order valence-corrected chi connectivity index (χ3v) is 4.74. The van der Waals surface area contributed by atoms with Gasteiger partial charge in [-0.05, 0) is 32.2 Å². The predicted octanol–water partition coefficient (Wildman–Crippen LogP) is 5.20. The number of benzene rings is 2. The molecule has 1 N–H and O–H groups in total. The van der Waals surface area contributed by atoms with Crippen LogP contribution in [0.25, 0.3) is 0 Å². The first kappa shape index (κ1) is 14.9. The summed E-state index contributed by atoms with van der Waals surface area (Å²) in [5, 5.41) is 4.12. The van der Waals surface area contributed by atoms with Crippen molar-refractivity contribution < 1.29 is 4.74 Å². The maximum Gasteiger partial charge on any atom is 0.127 e. The molecule has 0 spiro atoms. The fraction of sp³-hybridized carbons (Fsp3) is 0.294. The van der Waals surface area contributed by atoms with Gasteiger partial charge in [-0.15, -0.1) is 0 Å². The van der Waals surface area contributed by atoms with Gasteiger partial charge in [0.05, 0.1) is 0 Å². The van der Waals surface area contributed by atoms with Crippen LogP contribution in [0.2, 0.25) is 5.02 Å². The molecule has 0 bridgehead atoms. The Balaban J connectivity index is 1.98. The van der Waals surface area contributed by atoms with Crippen LogP contribution in [0.4, 0.5) is 0 Å². The molecule has 4 heteroatoms. The molecule has 110 valence electrons. The van der Waals surface area contributed by atoms with Crippen molar-refractivity contribution in [1.29, 1.82) is 0 Å². The summed E-state index contributed by atoms with van der Waals surface area (Å²) in [5.41, 5.74) is 3.51. The van der Waals surface area contributed by atoms with Crippen molar-refractivity contribution >= 4 is 27.5 Å². The van der Waals surface area contributed by atoms with Crippen LogP contribution < -0.4 is 10.1 Å². The number of hydrogen-bond donors (Lipinski definition) is 1. The van der Waals surface area contributed by atoms with Crippen LogP contribution >= 0.6 is 27.5 Å². The van der Waals surface area contributed by atoms with Gasteiger partial charge in [0.2, 0.25) is 0 Å². The highest BCUT2D eigenvalue weighted by Crippen LogP contribution is 2.42. The Morgan fingerprint density at radius 3 is 2.71 bits per heavy atom. The highest BCUT2D eigenvalue weighted by atomic mass is 79.9. The molecule has 1 aliphatic heterocycles. The second-order valence-corrected chi connectivity index (χ2v) is 6.71. The molecule has 0 aliphatic carbocycles. The lowest BCUT2D eigenvalue weighted by Crippen LogP contribution is -2.27. The minimum absolute atomic E-state index is 0.0294. The number of rotatable bonds is 2. The molecule has 1 heterocycles. The summed E-state index contributed by atoms with van der Waals surface area (Å²) in [5.74, 6) is 0.940. The first-order valence-corrected chi connectivity index (χ1v) is 8.15. The van der Waals surface area contributed by atoms with E-state index < -0.39 is 0 Å². The van der Waals surface area contributed by atoms with E-state index in [1.165, 1.54) is 11.1 Å². The molecule has 2 aromatic carbocycles. The van der Waals surface area contributed by atoms with Crippen LogP contribution in [0.15, 0.2) is 40.9 Å². The zero-order valence-corrected chi connectivity index (χ0v) is 14.3. The third-order valence-electron chi connectivity index (χ3n) is 3.92. The van der Waals surface area contributed by atoms with Gasteiger partial charge < -0.3 is 10.1 Å². The minimum atomic E-state index is -0.0294. The summed E-state index contributed by atoms with van der Waals surface area (Å²) in [7, 11) is 1.99. The molecule has 0 radical (unpaired) electrons. The maximum absolute atomic E-state index is 6.38. The fourth-order valence-corrected chi connectivity index (χ4v) is 3.61. The lowest BCUT2D eigenvalue weighted by molar-refractivity contribution is 0.154. The van der Waals surface area contributed by atoms with E-state index in [-0.39, 0.29) is 12.1 Å². The van der Waals surface area contributed by atoms with Crippen molar-refractivity contribution in [2.75, 3.05) is 7.05 Å². The van der Waals surface area contributed by atoms with E-state index in [0.717, 1.165) is 27.2 Å². The first-order valence-electron chi connectivity index (χ1n) is 6.98. The lowest BCUT2D eigenvalue weighted by atomic mass is 9.92. The molecular formula is C17H17BrClNO. The smallest absolute Gasteiger partial charge is 0.127 e. The van der Waals surface area contributed by atoms with Crippen LogP contribution in [0.1, 0.15) is 35.3 Å². The van der Waals surface area contributed by atoms with Gasteiger partial charge in [-0.1, -0.05) is 51.3 Å². The summed E-state index contributed by atoms with van der Waals surface area (Å²) in [6, 6.07) is 12.5. The van der Waals surface area contributed by atoms with Crippen molar-refractivity contribution in [2.45, 2.75) is 25.5 Å². The summed E-state index contributed by atoms with van der Waals surface area (Å²) in [6.45, 7) is 2.10. The van der Waals surface area contributed by atoms with E-state index in [4.69, 9.17) is 16.3 Å². The number of halogens is 2. The van der Waals surface area contributed by atoms with E-state index in [2.05, 4.69) is 40.3 Å². The summed E-state index contributed by atoms with van der Waals surface area (Å²) >= 11 is 9.82. The van der Waals surface area contributed by atoms with Crippen molar-refractivity contribution in [3.8, 4) is 5.75 Å². The van der Waals surface area contributed by atoms with Gasteiger partial charge in [0.15, 0.2) is 0 Å². The molecule has 0 amide bonds.